The van der Waals surface area contributed by atoms with Gasteiger partial charge < -0.3 is 15.4 Å². The zero-order valence-electron chi connectivity index (χ0n) is 9.34. The Morgan fingerprint density at radius 3 is 2.67 bits per heavy atom. The maximum absolute atomic E-state index is 11.4. The summed E-state index contributed by atoms with van der Waals surface area (Å²) in [5.41, 5.74) is 0.351. The van der Waals surface area contributed by atoms with Crippen molar-refractivity contribution in [1.29, 1.82) is 0 Å². The van der Waals surface area contributed by atoms with Crippen LogP contribution in [-0.2, 0) is 4.74 Å². The summed E-state index contributed by atoms with van der Waals surface area (Å²) in [4.78, 5) is 11.4. The predicted octanol–water partition coefficient (Wildman–Crippen LogP) is 1.26. The van der Waals surface area contributed by atoms with Crippen molar-refractivity contribution in [3.8, 4) is 0 Å². The van der Waals surface area contributed by atoms with Gasteiger partial charge in [0.1, 0.15) is 0 Å². The van der Waals surface area contributed by atoms with Crippen molar-refractivity contribution in [2.45, 2.75) is 38.6 Å². The van der Waals surface area contributed by atoms with Crippen LogP contribution in [0.2, 0.25) is 0 Å². The Hall–Kier alpha value is -0.770. The normalized spacial score (nSPS) is 28.2. The third-order valence-electron chi connectivity index (χ3n) is 3.80. The minimum Gasteiger partial charge on any atom is -0.381 e. The van der Waals surface area contributed by atoms with Crippen molar-refractivity contribution >= 4 is 6.03 Å². The average molecular weight is 212 g/mol. The van der Waals surface area contributed by atoms with E-state index in [1.165, 1.54) is 6.42 Å². The Bertz CT molecular complexity index is 237. The number of urea groups is 1. The molecule has 0 bridgehead atoms. The highest BCUT2D eigenvalue weighted by molar-refractivity contribution is 5.74. The minimum atomic E-state index is -0.0203. The van der Waals surface area contributed by atoms with E-state index >= 15 is 0 Å². The summed E-state index contributed by atoms with van der Waals surface area (Å²) in [6, 6.07) is 0.348. The van der Waals surface area contributed by atoms with Crippen molar-refractivity contribution in [3.05, 3.63) is 0 Å². The Morgan fingerprint density at radius 1 is 1.40 bits per heavy atom. The van der Waals surface area contributed by atoms with Crippen molar-refractivity contribution in [3.63, 3.8) is 0 Å². The van der Waals surface area contributed by atoms with Crippen LogP contribution < -0.4 is 10.6 Å². The van der Waals surface area contributed by atoms with Crippen molar-refractivity contribution in [2.24, 2.45) is 5.41 Å². The van der Waals surface area contributed by atoms with E-state index in [1.54, 1.807) is 0 Å². The molecule has 4 nitrogen and oxygen atoms in total. The van der Waals surface area contributed by atoms with E-state index in [0.717, 1.165) is 32.5 Å². The van der Waals surface area contributed by atoms with Gasteiger partial charge in [-0.25, -0.2) is 4.79 Å². The molecule has 1 saturated heterocycles. The Kier molecular flexibility index (Phi) is 3.14. The van der Waals surface area contributed by atoms with Crippen LogP contribution in [0.5, 0.6) is 0 Å². The first kappa shape index (κ1) is 10.7. The summed E-state index contributed by atoms with van der Waals surface area (Å²) >= 11 is 0. The smallest absolute Gasteiger partial charge is 0.315 e. The number of carbonyl (C=O) groups is 1. The van der Waals surface area contributed by atoms with Crippen LogP contribution in [0.25, 0.3) is 0 Å². The van der Waals surface area contributed by atoms with Gasteiger partial charge in [0.25, 0.3) is 0 Å². The lowest BCUT2D eigenvalue weighted by Gasteiger charge is -2.51. The molecule has 2 rings (SSSR count). The van der Waals surface area contributed by atoms with E-state index in [0.29, 0.717) is 18.0 Å². The molecule has 0 radical (unpaired) electrons. The molecule has 86 valence electrons. The van der Waals surface area contributed by atoms with Gasteiger partial charge in [0.2, 0.25) is 0 Å². The molecule has 4 heteroatoms. The first-order valence-electron chi connectivity index (χ1n) is 5.89. The molecule has 1 aliphatic heterocycles. The van der Waals surface area contributed by atoms with Crippen LogP contribution in [0.1, 0.15) is 32.6 Å². The summed E-state index contributed by atoms with van der Waals surface area (Å²) in [6.07, 6.45) is 4.57. The van der Waals surface area contributed by atoms with E-state index < -0.39 is 0 Å². The number of hydrogen-bond acceptors (Lipinski definition) is 2. The minimum absolute atomic E-state index is 0.0203. The monoisotopic (exact) mass is 212 g/mol. The van der Waals surface area contributed by atoms with Crippen molar-refractivity contribution in [2.75, 3.05) is 19.8 Å². The van der Waals surface area contributed by atoms with Gasteiger partial charge in [-0.2, -0.15) is 0 Å². The highest BCUT2D eigenvalue weighted by atomic mass is 16.5. The number of nitrogens with one attached hydrogen (secondary N) is 2. The molecule has 2 fully saturated rings. The second-order valence-electron chi connectivity index (χ2n) is 4.57. The fourth-order valence-electron chi connectivity index (χ4n) is 2.67. The number of amides is 2. The van der Waals surface area contributed by atoms with E-state index in [2.05, 4.69) is 10.6 Å². The first-order valence-corrected chi connectivity index (χ1v) is 5.89. The van der Waals surface area contributed by atoms with Gasteiger partial charge in [0.05, 0.1) is 0 Å². The van der Waals surface area contributed by atoms with Crippen LogP contribution in [0.4, 0.5) is 4.79 Å². The topological polar surface area (TPSA) is 50.4 Å². The van der Waals surface area contributed by atoms with E-state index in [-0.39, 0.29) is 6.03 Å². The number of rotatable bonds is 2. The molecular weight excluding hydrogens is 192 g/mol. The molecule has 1 unspecified atom stereocenters. The predicted molar refractivity (Wildman–Crippen MR) is 57.7 cm³/mol. The number of ether oxygens (including phenoxy) is 1. The Morgan fingerprint density at radius 2 is 2.13 bits per heavy atom. The maximum Gasteiger partial charge on any atom is 0.315 e. The lowest BCUT2D eigenvalue weighted by molar-refractivity contribution is -0.0511. The zero-order valence-corrected chi connectivity index (χ0v) is 9.34. The van der Waals surface area contributed by atoms with Gasteiger partial charge in [-0.05, 0) is 38.0 Å². The standard InChI is InChI=1S/C11H20N2O2/c1-2-12-10(14)13-9-3-4-11(9)5-7-15-8-6-11/h9H,2-8H2,1H3,(H2,12,13,14). The van der Waals surface area contributed by atoms with Gasteiger partial charge >= 0.3 is 6.03 Å². The second-order valence-corrected chi connectivity index (χ2v) is 4.57. The first-order chi connectivity index (χ1) is 7.27. The van der Waals surface area contributed by atoms with Crippen LogP contribution >= 0.6 is 0 Å². The third-order valence-corrected chi connectivity index (χ3v) is 3.80. The summed E-state index contributed by atoms with van der Waals surface area (Å²) in [5.74, 6) is 0. The number of hydrogen-bond donors (Lipinski definition) is 2. The average Bonchev–Trinajstić information content (AvgIpc) is 2.26. The molecular formula is C11H20N2O2. The summed E-state index contributed by atoms with van der Waals surface area (Å²) in [6.45, 7) is 4.33. The van der Waals surface area contributed by atoms with Gasteiger partial charge in [0.15, 0.2) is 0 Å². The molecule has 2 amide bonds. The molecule has 0 aromatic carbocycles. The molecule has 1 saturated carbocycles. The molecule has 2 aliphatic rings. The van der Waals surface area contributed by atoms with Crippen molar-refractivity contribution < 1.29 is 9.53 Å². The van der Waals surface area contributed by atoms with Crippen LogP contribution in [-0.4, -0.2) is 31.8 Å². The molecule has 0 aromatic rings. The lowest BCUT2D eigenvalue weighted by Crippen LogP contribution is -2.58. The van der Waals surface area contributed by atoms with E-state index in [9.17, 15) is 4.79 Å². The van der Waals surface area contributed by atoms with E-state index in [1.807, 2.05) is 6.92 Å². The van der Waals surface area contributed by atoms with Gasteiger partial charge in [-0.1, -0.05) is 0 Å². The van der Waals surface area contributed by atoms with Gasteiger partial charge in [-0.15, -0.1) is 0 Å². The van der Waals surface area contributed by atoms with E-state index in [4.69, 9.17) is 4.74 Å². The van der Waals surface area contributed by atoms with Gasteiger partial charge in [-0.3, -0.25) is 0 Å². The quantitative estimate of drug-likeness (QED) is 0.724. The van der Waals surface area contributed by atoms with Crippen LogP contribution in [0.3, 0.4) is 0 Å². The largest absolute Gasteiger partial charge is 0.381 e. The third kappa shape index (κ3) is 2.09. The summed E-state index contributed by atoms with van der Waals surface area (Å²) in [7, 11) is 0. The summed E-state index contributed by atoms with van der Waals surface area (Å²) < 4.78 is 5.37. The molecule has 15 heavy (non-hydrogen) atoms. The highest BCUT2D eigenvalue weighted by Crippen LogP contribution is 2.48. The Labute approximate surface area is 90.8 Å². The zero-order chi connectivity index (χ0) is 10.7. The maximum atomic E-state index is 11.4. The molecule has 1 heterocycles. The second kappa shape index (κ2) is 4.39. The molecule has 2 N–H and O–H groups in total. The lowest BCUT2D eigenvalue weighted by atomic mass is 9.60. The van der Waals surface area contributed by atoms with Gasteiger partial charge in [0, 0.05) is 25.8 Å². The Balaban J connectivity index is 1.85. The molecule has 1 atom stereocenters. The number of carbonyl (C=O) groups excluding carboxylic acids is 1. The summed E-state index contributed by atoms with van der Waals surface area (Å²) in [5, 5.41) is 5.86. The molecule has 1 spiro atoms. The highest BCUT2D eigenvalue weighted by Gasteiger charge is 2.47. The van der Waals surface area contributed by atoms with Crippen LogP contribution in [0.15, 0.2) is 0 Å². The molecule has 0 aromatic heterocycles. The van der Waals surface area contributed by atoms with Crippen LogP contribution in [0, 0.1) is 5.41 Å². The molecule has 1 aliphatic carbocycles. The fourth-order valence-corrected chi connectivity index (χ4v) is 2.67. The SMILES string of the molecule is CCNC(=O)NC1CCC12CCOCC2. The fraction of sp³-hybridized carbons (Fsp3) is 0.909. The van der Waals surface area contributed by atoms with Crippen molar-refractivity contribution in [1.82, 2.24) is 10.6 Å².